The zero-order valence-electron chi connectivity index (χ0n) is 13.2. The van der Waals surface area contributed by atoms with Crippen molar-refractivity contribution in [2.45, 2.75) is 24.9 Å². The minimum Gasteiger partial charge on any atom is -0.480 e. The van der Waals surface area contributed by atoms with Crippen LogP contribution in [0.4, 0.5) is 8.78 Å². The van der Waals surface area contributed by atoms with Gasteiger partial charge in [0.1, 0.15) is 0 Å². The molecule has 0 saturated heterocycles. The summed E-state index contributed by atoms with van der Waals surface area (Å²) >= 11 is 5.68. The van der Waals surface area contributed by atoms with Crippen LogP contribution in [0.2, 0.25) is 5.02 Å². The third-order valence-corrected chi connectivity index (χ3v) is 3.99. The van der Waals surface area contributed by atoms with Gasteiger partial charge in [-0.3, -0.25) is 14.9 Å². The maximum absolute atomic E-state index is 14.6. The lowest BCUT2D eigenvalue weighted by Crippen LogP contribution is -2.55. The van der Waals surface area contributed by atoms with E-state index in [2.05, 4.69) is 5.32 Å². The van der Waals surface area contributed by atoms with Gasteiger partial charge in [-0.25, -0.2) is 0 Å². The second-order valence-electron chi connectivity index (χ2n) is 5.53. The van der Waals surface area contributed by atoms with Crippen molar-refractivity contribution in [3.63, 3.8) is 0 Å². The van der Waals surface area contributed by atoms with Crippen LogP contribution in [0.25, 0.3) is 0 Å². The highest BCUT2D eigenvalue weighted by atomic mass is 35.5. The van der Waals surface area contributed by atoms with Gasteiger partial charge in [0.15, 0.2) is 6.04 Å². The number of halogens is 3. The fraction of sp³-hybridized carbons (Fsp3) is 0.222. The van der Waals surface area contributed by atoms with Crippen molar-refractivity contribution in [2.24, 2.45) is 0 Å². The summed E-state index contributed by atoms with van der Waals surface area (Å²) in [6.45, 7) is 1.55. The monoisotopic (exact) mass is 367 g/mol. The molecule has 2 atom stereocenters. The molecule has 0 fully saturated rings. The Balaban J connectivity index is 2.26. The quantitative estimate of drug-likeness (QED) is 0.727. The summed E-state index contributed by atoms with van der Waals surface area (Å²) < 4.78 is 29.1. The molecule has 0 radical (unpaired) electrons. The smallest absolute Gasteiger partial charge is 0.335 e. The topological polar surface area (TPSA) is 66.4 Å². The molecule has 4 nitrogen and oxygen atoms in total. The van der Waals surface area contributed by atoms with Gasteiger partial charge in [-0.1, -0.05) is 41.9 Å². The van der Waals surface area contributed by atoms with Crippen LogP contribution in [0, 0.1) is 0 Å². The highest BCUT2D eigenvalue weighted by Gasteiger charge is 2.51. The summed E-state index contributed by atoms with van der Waals surface area (Å²) in [4.78, 5) is 23.5. The molecule has 2 rings (SSSR count). The number of aliphatic carboxylic acids is 1. The van der Waals surface area contributed by atoms with Crippen molar-refractivity contribution in [2.75, 3.05) is 0 Å². The standard InChI is InChI=1S/C18H16ClF2NO3/c1-11(12-5-3-2-4-6-12)22-15(17(24)25)18(20,21)16(23)13-7-9-14(19)10-8-13/h2-11,15,22H,1H3,(H,24,25)/t11-,15?/m0/s1. The Morgan fingerprint density at radius 1 is 1.08 bits per heavy atom. The van der Waals surface area contributed by atoms with Crippen molar-refractivity contribution in [1.82, 2.24) is 5.32 Å². The number of nitrogens with one attached hydrogen (secondary N) is 1. The molecule has 0 aliphatic heterocycles. The summed E-state index contributed by atoms with van der Waals surface area (Å²) in [6.07, 6.45) is 0. The molecule has 2 aromatic carbocycles. The molecular weight excluding hydrogens is 352 g/mol. The first-order valence-electron chi connectivity index (χ1n) is 7.45. The lowest BCUT2D eigenvalue weighted by molar-refractivity contribution is -0.147. The van der Waals surface area contributed by atoms with Crippen LogP contribution >= 0.6 is 11.6 Å². The number of hydrogen-bond acceptors (Lipinski definition) is 3. The third kappa shape index (κ3) is 4.41. The number of hydrogen-bond donors (Lipinski definition) is 2. The van der Waals surface area contributed by atoms with Crippen molar-refractivity contribution in [3.05, 3.63) is 70.7 Å². The van der Waals surface area contributed by atoms with Gasteiger partial charge in [-0.05, 0) is 36.8 Å². The third-order valence-electron chi connectivity index (χ3n) is 3.73. The van der Waals surface area contributed by atoms with Crippen LogP contribution in [0.3, 0.4) is 0 Å². The number of carbonyl (C=O) groups excluding carboxylic acids is 1. The van der Waals surface area contributed by atoms with Gasteiger partial charge >= 0.3 is 11.9 Å². The largest absolute Gasteiger partial charge is 0.480 e. The van der Waals surface area contributed by atoms with E-state index >= 15 is 0 Å². The van der Waals surface area contributed by atoms with Gasteiger partial charge in [0, 0.05) is 16.6 Å². The minimum atomic E-state index is -4.14. The molecule has 0 amide bonds. The molecule has 0 aliphatic rings. The van der Waals surface area contributed by atoms with Crippen molar-refractivity contribution in [1.29, 1.82) is 0 Å². The Hall–Kier alpha value is -2.31. The lowest BCUT2D eigenvalue weighted by atomic mass is 9.97. The number of benzene rings is 2. The molecule has 0 heterocycles. The number of ketones is 1. The summed E-state index contributed by atoms with van der Waals surface area (Å²) in [5.74, 6) is -7.53. The van der Waals surface area contributed by atoms with Gasteiger partial charge in [-0.15, -0.1) is 0 Å². The Morgan fingerprint density at radius 2 is 1.64 bits per heavy atom. The number of rotatable bonds is 7. The van der Waals surface area contributed by atoms with Crippen molar-refractivity contribution in [3.8, 4) is 0 Å². The first-order chi connectivity index (χ1) is 11.7. The fourth-order valence-corrected chi connectivity index (χ4v) is 2.47. The van der Waals surface area contributed by atoms with E-state index in [9.17, 15) is 23.5 Å². The molecule has 0 saturated carbocycles. The van der Waals surface area contributed by atoms with Crippen molar-refractivity contribution < 1.29 is 23.5 Å². The molecule has 0 bridgehead atoms. The molecule has 2 N–H and O–H groups in total. The Labute approximate surface area is 148 Å². The summed E-state index contributed by atoms with van der Waals surface area (Å²) in [7, 11) is 0. The second-order valence-corrected chi connectivity index (χ2v) is 5.97. The number of carbonyl (C=O) groups is 2. The first kappa shape index (κ1) is 19.0. The average Bonchev–Trinajstić information content (AvgIpc) is 2.59. The number of carboxylic acid groups (broad SMARTS) is 1. The molecule has 2 aromatic rings. The van der Waals surface area contributed by atoms with Crippen LogP contribution in [-0.4, -0.2) is 28.8 Å². The normalized spacial score (nSPS) is 13.9. The zero-order chi connectivity index (χ0) is 18.6. The predicted octanol–water partition coefficient (Wildman–Crippen LogP) is 3.96. The molecule has 7 heteroatoms. The van der Waals surface area contributed by atoms with E-state index in [4.69, 9.17) is 11.6 Å². The van der Waals surface area contributed by atoms with Crippen LogP contribution < -0.4 is 5.32 Å². The van der Waals surface area contributed by atoms with Gasteiger partial charge < -0.3 is 5.11 Å². The lowest BCUT2D eigenvalue weighted by Gasteiger charge is -2.26. The molecule has 0 aromatic heterocycles. The number of alkyl halides is 2. The number of Topliss-reactive ketones (excluding diaryl/α,β-unsaturated/α-hetero) is 1. The van der Waals surface area contributed by atoms with Crippen LogP contribution in [0.1, 0.15) is 28.9 Å². The highest BCUT2D eigenvalue weighted by molar-refractivity contribution is 6.30. The summed E-state index contributed by atoms with van der Waals surface area (Å²) in [5.41, 5.74) is 0.318. The first-order valence-corrected chi connectivity index (χ1v) is 7.83. The van der Waals surface area contributed by atoms with E-state index in [1.165, 1.54) is 12.1 Å². The van der Waals surface area contributed by atoms with E-state index < -0.39 is 29.8 Å². The van der Waals surface area contributed by atoms with Crippen molar-refractivity contribution >= 4 is 23.4 Å². The van der Waals surface area contributed by atoms with E-state index in [1.807, 2.05) is 0 Å². The molecule has 0 aliphatic carbocycles. The van der Waals surface area contributed by atoms with E-state index in [0.29, 0.717) is 5.56 Å². The summed E-state index contributed by atoms with van der Waals surface area (Å²) in [5, 5.41) is 11.9. The average molecular weight is 368 g/mol. The van der Waals surface area contributed by atoms with Crippen LogP contribution in [-0.2, 0) is 4.79 Å². The maximum atomic E-state index is 14.6. The van der Waals surface area contributed by atoms with Crippen LogP contribution in [0.15, 0.2) is 54.6 Å². The summed E-state index contributed by atoms with van der Waals surface area (Å²) in [6, 6.07) is 10.3. The Bertz CT molecular complexity index is 751. The predicted molar refractivity (Wildman–Crippen MR) is 90.1 cm³/mol. The van der Waals surface area contributed by atoms with Crippen LogP contribution in [0.5, 0.6) is 0 Å². The fourth-order valence-electron chi connectivity index (χ4n) is 2.34. The Morgan fingerprint density at radius 3 is 2.16 bits per heavy atom. The van der Waals surface area contributed by atoms with Gasteiger partial charge in [0.2, 0.25) is 5.78 Å². The highest BCUT2D eigenvalue weighted by Crippen LogP contribution is 2.27. The van der Waals surface area contributed by atoms with Gasteiger partial charge in [-0.2, -0.15) is 8.78 Å². The van der Waals surface area contributed by atoms with Gasteiger partial charge in [0.25, 0.3) is 0 Å². The van der Waals surface area contributed by atoms with Gasteiger partial charge in [0.05, 0.1) is 0 Å². The zero-order valence-corrected chi connectivity index (χ0v) is 14.0. The molecule has 1 unspecified atom stereocenters. The number of carboxylic acids is 1. The SMILES string of the molecule is C[C@H](NC(C(=O)O)C(F)(F)C(=O)c1ccc(Cl)cc1)c1ccccc1. The molecule has 132 valence electrons. The van der Waals surface area contributed by atoms with E-state index in [0.717, 1.165) is 12.1 Å². The maximum Gasteiger partial charge on any atom is 0.335 e. The molecular formula is C18H16ClF2NO3. The minimum absolute atomic E-state index is 0.283. The van der Waals surface area contributed by atoms with E-state index in [-0.39, 0.29) is 10.6 Å². The van der Waals surface area contributed by atoms with E-state index in [1.54, 1.807) is 37.3 Å². The molecule has 0 spiro atoms. The molecule has 25 heavy (non-hydrogen) atoms. The second kappa shape index (κ2) is 7.72. The Kier molecular flexibility index (Phi) is 5.87.